The first-order valence-corrected chi connectivity index (χ1v) is 11.1. The van der Waals surface area contributed by atoms with E-state index < -0.39 is 0 Å². The lowest BCUT2D eigenvalue weighted by molar-refractivity contribution is 0.198. The van der Waals surface area contributed by atoms with Crippen LogP contribution in [0.2, 0.25) is 0 Å². The summed E-state index contributed by atoms with van der Waals surface area (Å²) in [5.41, 5.74) is 2.38. The van der Waals surface area contributed by atoms with Crippen LogP contribution in [0.5, 0.6) is 0 Å². The number of halogens is 2. The molecule has 1 aliphatic rings. The van der Waals surface area contributed by atoms with Crippen molar-refractivity contribution in [2.24, 2.45) is 4.99 Å². The van der Waals surface area contributed by atoms with Crippen molar-refractivity contribution in [2.75, 3.05) is 20.1 Å². The average Bonchev–Trinajstić information content (AvgIpc) is 3.18. The van der Waals surface area contributed by atoms with Crippen molar-refractivity contribution in [2.45, 2.75) is 58.2 Å². The molecular formula is C22H33FIN5S. The fraction of sp³-hybridized carbons (Fsp3) is 0.545. The molecule has 1 aromatic carbocycles. The van der Waals surface area contributed by atoms with Crippen LogP contribution < -0.4 is 10.6 Å². The van der Waals surface area contributed by atoms with Gasteiger partial charge in [-0.05, 0) is 30.5 Å². The Hall–Kier alpha value is -1.26. The molecule has 8 heteroatoms. The predicted molar refractivity (Wildman–Crippen MR) is 134 cm³/mol. The Labute approximate surface area is 200 Å². The highest BCUT2D eigenvalue weighted by Crippen LogP contribution is 2.23. The van der Waals surface area contributed by atoms with Crippen LogP contribution in [0.25, 0.3) is 0 Å². The van der Waals surface area contributed by atoms with Crippen LogP contribution >= 0.6 is 35.3 Å². The fourth-order valence-corrected chi connectivity index (χ4v) is 4.33. The molecule has 3 rings (SSSR count). The minimum Gasteiger partial charge on any atom is -0.354 e. The van der Waals surface area contributed by atoms with Crippen LogP contribution in [0.3, 0.4) is 0 Å². The molecule has 30 heavy (non-hydrogen) atoms. The number of guanidine groups is 1. The van der Waals surface area contributed by atoms with Gasteiger partial charge in [0.05, 0.1) is 12.2 Å². The van der Waals surface area contributed by atoms with E-state index >= 15 is 0 Å². The number of nitrogens with zero attached hydrogens (tertiary/aromatic N) is 3. The van der Waals surface area contributed by atoms with Gasteiger partial charge in [-0.2, -0.15) is 0 Å². The van der Waals surface area contributed by atoms with Crippen LogP contribution in [-0.4, -0.2) is 42.0 Å². The third kappa shape index (κ3) is 7.46. The highest BCUT2D eigenvalue weighted by atomic mass is 127. The summed E-state index contributed by atoms with van der Waals surface area (Å²) >= 11 is 1.69. The number of hydrogen-bond donors (Lipinski definition) is 2. The molecule has 5 nitrogen and oxygen atoms in total. The molecule has 1 fully saturated rings. The Balaban J connectivity index is 0.00000320. The Morgan fingerprint density at radius 1 is 1.23 bits per heavy atom. The monoisotopic (exact) mass is 545 g/mol. The van der Waals surface area contributed by atoms with Gasteiger partial charge in [0.2, 0.25) is 0 Å². The van der Waals surface area contributed by atoms with E-state index in [-0.39, 0.29) is 35.2 Å². The van der Waals surface area contributed by atoms with Crippen molar-refractivity contribution in [1.29, 1.82) is 0 Å². The Kier molecular flexibility index (Phi) is 9.49. The molecule has 1 aromatic heterocycles. The maximum atomic E-state index is 13.1. The van der Waals surface area contributed by atoms with Gasteiger partial charge in [0.15, 0.2) is 5.96 Å². The van der Waals surface area contributed by atoms with E-state index in [1.54, 1.807) is 18.4 Å². The molecule has 0 saturated carbocycles. The number of aromatic nitrogens is 1. The summed E-state index contributed by atoms with van der Waals surface area (Å²) in [7, 11) is 1.81. The topological polar surface area (TPSA) is 52.6 Å². The molecule has 0 radical (unpaired) electrons. The normalized spacial score (nSPS) is 16.2. The lowest BCUT2D eigenvalue weighted by atomic mass is 9.93. The lowest BCUT2D eigenvalue weighted by Crippen LogP contribution is -2.48. The number of aliphatic imine (C=N–C) groups is 1. The van der Waals surface area contributed by atoms with Crippen molar-refractivity contribution < 1.29 is 4.39 Å². The number of benzene rings is 1. The molecule has 1 saturated heterocycles. The van der Waals surface area contributed by atoms with E-state index in [0.29, 0.717) is 12.6 Å². The molecule has 0 aliphatic carbocycles. The molecule has 0 bridgehead atoms. The molecule has 2 N–H and O–H groups in total. The van der Waals surface area contributed by atoms with Crippen LogP contribution in [0.1, 0.15) is 49.9 Å². The summed E-state index contributed by atoms with van der Waals surface area (Å²) in [6.45, 7) is 10.2. The number of likely N-dealkylation sites (tertiary alicyclic amines) is 1. The first-order chi connectivity index (χ1) is 13.8. The quantitative estimate of drug-likeness (QED) is 0.330. The molecule has 0 amide bonds. The predicted octanol–water partition coefficient (Wildman–Crippen LogP) is 4.53. The highest BCUT2D eigenvalue weighted by Gasteiger charge is 2.21. The van der Waals surface area contributed by atoms with Crippen LogP contribution in [-0.2, 0) is 18.5 Å². The first kappa shape index (κ1) is 25.0. The Morgan fingerprint density at radius 2 is 1.90 bits per heavy atom. The van der Waals surface area contributed by atoms with Gasteiger partial charge in [0.1, 0.15) is 10.8 Å². The number of piperidine rings is 1. The van der Waals surface area contributed by atoms with Gasteiger partial charge in [-0.15, -0.1) is 35.3 Å². The second kappa shape index (κ2) is 11.4. The van der Waals surface area contributed by atoms with Gasteiger partial charge >= 0.3 is 0 Å². The maximum Gasteiger partial charge on any atom is 0.191 e. The van der Waals surface area contributed by atoms with Crippen molar-refractivity contribution in [3.8, 4) is 0 Å². The Bertz CT molecular complexity index is 808. The van der Waals surface area contributed by atoms with Gasteiger partial charge in [0.25, 0.3) is 0 Å². The van der Waals surface area contributed by atoms with Crippen molar-refractivity contribution in [1.82, 2.24) is 20.5 Å². The smallest absolute Gasteiger partial charge is 0.191 e. The minimum absolute atomic E-state index is 0. The van der Waals surface area contributed by atoms with Crippen molar-refractivity contribution in [3.05, 3.63) is 51.7 Å². The number of nitrogens with one attached hydrogen (secondary N) is 2. The van der Waals surface area contributed by atoms with Crippen LogP contribution in [0, 0.1) is 5.82 Å². The zero-order chi connectivity index (χ0) is 20.9. The van der Waals surface area contributed by atoms with Gasteiger partial charge in [-0.1, -0.05) is 32.9 Å². The molecule has 0 unspecified atom stereocenters. The lowest BCUT2D eigenvalue weighted by Gasteiger charge is -2.33. The average molecular weight is 546 g/mol. The molecule has 166 valence electrons. The van der Waals surface area contributed by atoms with E-state index in [9.17, 15) is 4.39 Å². The number of thiazole rings is 1. The van der Waals surface area contributed by atoms with Gasteiger partial charge in [0, 0.05) is 43.5 Å². The zero-order valence-electron chi connectivity index (χ0n) is 18.2. The zero-order valence-corrected chi connectivity index (χ0v) is 21.4. The summed E-state index contributed by atoms with van der Waals surface area (Å²) in [4.78, 5) is 11.5. The molecule has 0 atom stereocenters. The third-order valence-corrected chi connectivity index (χ3v) is 6.05. The van der Waals surface area contributed by atoms with E-state index in [0.717, 1.165) is 54.7 Å². The van der Waals surface area contributed by atoms with E-state index in [1.807, 2.05) is 12.1 Å². The second-order valence-electron chi connectivity index (χ2n) is 8.62. The summed E-state index contributed by atoms with van der Waals surface area (Å²) < 4.78 is 13.1. The third-order valence-electron chi connectivity index (χ3n) is 5.20. The highest BCUT2D eigenvalue weighted by molar-refractivity contribution is 14.0. The van der Waals surface area contributed by atoms with E-state index in [1.165, 1.54) is 12.1 Å². The second-order valence-corrected chi connectivity index (χ2v) is 9.57. The Morgan fingerprint density at radius 3 is 2.47 bits per heavy atom. The van der Waals surface area contributed by atoms with E-state index in [2.05, 4.69) is 46.7 Å². The summed E-state index contributed by atoms with van der Waals surface area (Å²) in [5.74, 6) is 0.650. The number of hydrogen-bond acceptors (Lipinski definition) is 4. The molecular weight excluding hydrogens is 512 g/mol. The van der Waals surface area contributed by atoms with Crippen molar-refractivity contribution in [3.63, 3.8) is 0 Å². The largest absolute Gasteiger partial charge is 0.354 e. The van der Waals surface area contributed by atoms with Gasteiger partial charge in [-0.25, -0.2) is 9.37 Å². The van der Waals surface area contributed by atoms with Gasteiger partial charge in [-0.3, -0.25) is 9.89 Å². The van der Waals surface area contributed by atoms with Crippen LogP contribution in [0.15, 0.2) is 34.6 Å². The molecule has 2 aromatic rings. The van der Waals surface area contributed by atoms with E-state index in [4.69, 9.17) is 4.98 Å². The molecule has 1 aliphatic heterocycles. The molecule has 2 heterocycles. The standard InChI is InChI=1S/C22H32FN5S.HI/c1-22(2,3)19-15-29-20(27-19)13-25-21(24-4)26-18-9-11-28(12-10-18)14-16-5-7-17(23)8-6-16;/h5-8,15,18H,9-14H2,1-4H3,(H2,24,25,26);1H. The SMILES string of the molecule is CN=C(NCc1nc(C(C)(C)C)cs1)NC1CCN(Cc2ccc(F)cc2)CC1.I. The minimum atomic E-state index is -0.178. The fourth-order valence-electron chi connectivity index (χ4n) is 3.37. The molecule has 0 spiro atoms. The summed E-state index contributed by atoms with van der Waals surface area (Å²) in [5, 5.41) is 10.2. The van der Waals surface area contributed by atoms with Crippen molar-refractivity contribution >= 4 is 41.3 Å². The first-order valence-electron chi connectivity index (χ1n) is 10.2. The number of rotatable bonds is 5. The summed E-state index contributed by atoms with van der Waals surface area (Å²) in [6.07, 6.45) is 2.13. The summed E-state index contributed by atoms with van der Waals surface area (Å²) in [6, 6.07) is 7.22. The van der Waals surface area contributed by atoms with Gasteiger partial charge < -0.3 is 10.6 Å². The maximum absolute atomic E-state index is 13.1. The van der Waals surface area contributed by atoms with Crippen LogP contribution in [0.4, 0.5) is 4.39 Å².